The van der Waals surface area contributed by atoms with Gasteiger partial charge < -0.3 is 5.11 Å². The van der Waals surface area contributed by atoms with Gasteiger partial charge in [-0.3, -0.25) is 0 Å². The second kappa shape index (κ2) is 4.67. The zero-order valence-corrected chi connectivity index (χ0v) is 9.22. The molecule has 0 bridgehead atoms. The summed E-state index contributed by atoms with van der Waals surface area (Å²) < 4.78 is 0. The van der Waals surface area contributed by atoms with Gasteiger partial charge >= 0.3 is 0 Å². The molecule has 0 saturated carbocycles. The summed E-state index contributed by atoms with van der Waals surface area (Å²) in [6, 6.07) is 15.6. The van der Waals surface area contributed by atoms with Crippen LogP contribution in [0.2, 0.25) is 0 Å². The molecule has 0 spiro atoms. The molecule has 0 aliphatic carbocycles. The molecule has 16 heavy (non-hydrogen) atoms. The topological polar surface area (TPSA) is 20.2 Å². The van der Waals surface area contributed by atoms with E-state index in [1.807, 2.05) is 30.4 Å². The molecule has 0 radical (unpaired) electrons. The Morgan fingerprint density at radius 2 is 1.56 bits per heavy atom. The Hall–Kier alpha value is -2.02. The number of phenols is 1. The number of aromatic hydroxyl groups is 1. The van der Waals surface area contributed by atoms with Gasteiger partial charge in [-0.25, -0.2) is 0 Å². The predicted molar refractivity (Wildman–Crippen MR) is 68.2 cm³/mol. The smallest absolute Gasteiger partial charge is 0.122 e. The van der Waals surface area contributed by atoms with E-state index in [1.54, 1.807) is 6.07 Å². The molecule has 2 aromatic rings. The standard InChI is InChI=1S/C15H14O/c1-12-6-8-13(9-7-12)10-11-14-4-2-3-5-15(14)16/h2-11,16H,1H3/b11-10+. The first-order valence-electron chi connectivity index (χ1n) is 5.28. The number of phenolic OH excluding ortho intramolecular Hbond substituents is 1. The van der Waals surface area contributed by atoms with Crippen LogP contribution in [0.3, 0.4) is 0 Å². The number of aryl methyl sites for hydroxylation is 1. The minimum absolute atomic E-state index is 0.311. The van der Waals surface area contributed by atoms with E-state index in [9.17, 15) is 5.11 Å². The first-order chi connectivity index (χ1) is 7.75. The quantitative estimate of drug-likeness (QED) is 0.746. The monoisotopic (exact) mass is 210 g/mol. The molecule has 1 heteroatoms. The van der Waals surface area contributed by atoms with E-state index in [-0.39, 0.29) is 0 Å². The zero-order chi connectivity index (χ0) is 11.4. The van der Waals surface area contributed by atoms with Gasteiger partial charge in [-0.05, 0) is 18.6 Å². The molecule has 0 fully saturated rings. The van der Waals surface area contributed by atoms with Crippen LogP contribution in [0.1, 0.15) is 16.7 Å². The molecule has 1 N–H and O–H groups in total. The van der Waals surface area contributed by atoms with Crippen LogP contribution in [0.5, 0.6) is 5.75 Å². The third-order valence-corrected chi connectivity index (χ3v) is 2.47. The Bertz CT molecular complexity index is 495. The van der Waals surface area contributed by atoms with Gasteiger partial charge in [0.2, 0.25) is 0 Å². The molecule has 1 nitrogen and oxygen atoms in total. The molecule has 0 aliphatic rings. The van der Waals surface area contributed by atoms with Crippen molar-refractivity contribution in [2.24, 2.45) is 0 Å². The van der Waals surface area contributed by atoms with Gasteiger partial charge in [-0.1, -0.05) is 60.2 Å². The highest BCUT2D eigenvalue weighted by molar-refractivity contribution is 5.72. The highest BCUT2D eigenvalue weighted by Crippen LogP contribution is 2.18. The van der Waals surface area contributed by atoms with Crippen molar-refractivity contribution in [1.82, 2.24) is 0 Å². The molecule has 2 rings (SSSR count). The van der Waals surface area contributed by atoms with E-state index in [1.165, 1.54) is 5.56 Å². The van der Waals surface area contributed by atoms with Crippen molar-refractivity contribution in [3.63, 3.8) is 0 Å². The lowest BCUT2D eigenvalue weighted by Gasteiger charge is -1.98. The van der Waals surface area contributed by atoms with Crippen LogP contribution in [-0.2, 0) is 0 Å². The van der Waals surface area contributed by atoms with Crippen LogP contribution in [0.25, 0.3) is 12.2 Å². The third kappa shape index (κ3) is 2.51. The first kappa shape index (κ1) is 10.5. The fourth-order valence-corrected chi connectivity index (χ4v) is 1.49. The lowest BCUT2D eigenvalue weighted by molar-refractivity contribution is 0.474. The molecule has 0 unspecified atom stereocenters. The summed E-state index contributed by atoms with van der Waals surface area (Å²) in [6.07, 6.45) is 3.91. The Morgan fingerprint density at radius 3 is 2.25 bits per heavy atom. The fraction of sp³-hybridized carbons (Fsp3) is 0.0667. The second-order valence-electron chi connectivity index (χ2n) is 3.80. The van der Waals surface area contributed by atoms with E-state index in [2.05, 4.69) is 31.2 Å². The SMILES string of the molecule is Cc1ccc(/C=C/c2ccccc2O)cc1. The van der Waals surface area contributed by atoms with Gasteiger partial charge in [0, 0.05) is 5.56 Å². The highest BCUT2D eigenvalue weighted by atomic mass is 16.3. The van der Waals surface area contributed by atoms with Crippen molar-refractivity contribution >= 4 is 12.2 Å². The first-order valence-corrected chi connectivity index (χ1v) is 5.28. The summed E-state index contributed by atoms with van der Waals surface area (Å²) in [5, 5.41) is 9.58. The third-order valence-electron chi connectivity index (χ3n) is 2.47. The summed E-state index contributed by atoms with van der Waals surface area (Å²) >= 11 is 0. The van der Waals surface area contributed by atoms with E-state index >= 15 is 0 Å². The molecular weight excluding hydrogens is 196 g/mol. The molecule has 0 aliphatic heterocycles. The Kier molecular flexibility index (Phi) is 3.06. The molecule has 0 saturated heterocycles. The fourth-order valence-electron chi connectivity index (χ4n) is 1.49. The number of para-hydroxylation sites is 1. The van der Waals surface area contributed by atoms with Crippen molar-refractivity contribution in [3.8, 4) is 5.75 Å². The van der Waals surface area contributed by atoms with E-state index in [0.29, 0.717) is 5.75 Å². The van der Waals surface area contributed by atoms with Gasteiger partial charge in [0.15, 0.2) is 0 Å². The van der Waals surface area contributed by atoms with Crippen molar-refractivity contribution in [3.05, 3.63) is 65.2 Å². The van der Waals surface area contributed by atoms with Crippen LogP contribution in [0, 0.1) is 6.92 Å². The summed E-state index contributed by atoms with van der Waals surface area (Å²) in [5.74, 6) is 0.311. The number of hydrogen-bond acceptors (Lipinski definition) is 1. The van der Waals surface area contributed by atoms with Gasteiger partial charge in [0.25, 0.3) is 0 Å². The van der Waals surface area contributed by atoms with Crippen LogP contribution in [0.4, 0.5) is 0 Å². The van der Waals surface area contributed by atoms with Crippen molar-refractivity contribution in [1.29, 1.82) is 0 Å². The van der Waals surface area contributed by atoms with E-state index in [0.717, 1.165) is 11.1 Å². The molecule has 0 atom stereocenters. The Morgan fingerprint density at radius 1 is 0.875 bits per heavy atom. The zero-order valence-electron chi connectivity index (χ0n) is 9.22. The van der Waals surface area contributed by atoms with Crippen molar-refractivity contribution < 1.29 is 5.11 Å². The predicted octanol–water partition coefficient (Wildman–Crippen LogP) is 3.87. The lowest BCUT2D eigenvalue weighted by atomic mass is 10.1. The van der Waals surface area contributed by atoms with Gasteiger partial charge in [0.1, 0.15) is 5.75 Å². The van der Waals surface area contributed by atoms with Crippen molar-refractivity contribution in [2.45, 2.75) is 6.92 Å². The molecule has 2 aromatic carbocycles. The second-order valence-corrected chi connectivity index (χ2v) is 3.80. The van der Waals surface area contributed by atoms with Gasteiger partial charge in [0.05, 0.1) is 0 Å². The van der Waals surface area contributed by atoms with Gasteiger partial charge in [-0.2, -0.15) is 0 Å². The molecule has 0 heterocycles. The molecule has 0 amide bonds. The number of rotatable bonds is 2. The summed E-state index contributed by atoms with van der Waals surface area (Å²) in [4.78, 5) is 0. The maximum Gasteiger partial charge on any atom is 0.122 e. The summed E-state index contributed by atoms with van der Waals surface area (Å²) in [7, 11) is 0. The maximum atomic E-state index is 9.58. The number of benzene rings is 2. The maximum absolute atomic E-state index is 9.58. The van der Waals surface area contributed by atoms with Gasteiger partial charge in [-0.15, -0.1) is 0 Å². The summed E-state index contributed by atoms with van der Waals surface area (Å²) in [5.41, 5.74) is 3.22. The van der Waals surface area contributed by atoms with E-state index < -0.39 is 0 Å². The largest absolute Gasteiger partial charge is 0.507 e. The lowest BCUT2D eigenvalue weighted by Crippen LogP contribution is -1.75. The number of hydrogen-bond donors (Lipinski definition) is 1. The average Bonchev–Trinajstić information content (AvgIpc) is 2.30. The average molecular weight is 210 g/mol. The Labute approximate surface area is 95.7 Å². The highest BCUT2D eigenvalue weighted by Gasteiger charge is 1.93. The van der Waals surface area contributed by atoms with Crippen LogP contribution in [0.15, 0.2) is 48.5 Å². The van der Waals surface area contributed by atoms with Crippen molar-refractivity contribution in [2.75, 3.05) is 0 Å². The van der Waals surface area contributed by atoms with Crippen LogP contribution in [-0.4, -0.2) is 5.11 Å². The summed E-state index contributed by atoms with van der Waals surface area (Å²) in [6.45, 7) is 2.07. The minimum atomic E-state index is 0.311. The minimum Gasteiger partial charge on any atom is -0.507 e. The normalized spacial score (nSPS) is 10.8. The van der Waals surface area contributed by atoms with Crippen LogP contribution < -0.4 is 0 Å². The molecular formula is C15H14O. The molecule has 80 valence electrons. The Balaban J connectivity index is 2.21. The molecule has 0 aromatic heterocycles. The van der Waals surface area contributed by atoms with Crippen LogP contribution >= 0.6 is 0 Å². The van der Waals surface area contributed by atoms with E-state index in [4.69, 9.17) is 0 Å².